The van der Waals surface area contributed by atoms with Crippen molar-refractivity contribution in [2.24, 2.45) is 0 Å². The van der Waals surface area contributed by atoms with Crippen LogP contribution in [-0.4, -0.2) is 17.4 Å². The Hall–Kier alpha value is -1.71. The molecule has 1 aliphatic carbocycles. The first kappa shape index (κ1) is 12.7. The Kier molecular flexibility index (Phi) is 4.45. The van der Waals surface area contributed by atoms with E-state index >= 15 is 0 Å². The van der Waals surface area contributed by atoms with E-state index in [1.54, 1.807) is 0 Å². The Labute approximate surface area is 106 Å². The van der Waals surface area contributed by atoms with Crippen LogP contribution in [0.5, 0.6) is 0 Å². The minimum absolute atomic E-state index is 0.195. The van der Waals surface area contributed by atoms with Gasteiger partial charge in [-0.3, -0.25) is 4.79 Å². The molecule has 0 saturated heterocycles. The minimum atomic E-state index is -0.570. The molecule has 1 amide bonds. The average molecular weight is 248 g/mol. The van der Waals surface area contributed by atoms with Crippen LogP contribution in [0.3, 0.4) is 0 Å². The van der Waals surface area contributed by atoms with Crippen molar-refractivity contribution in [2.45, 2.75) is 32.1 Å². The number of hydrogen-bond donors (Lipinski definition) is 1. The molecule has 0 saturated carbocycles. The minimum Gasteiger partial charge on any atom is -0.352 e. The van der Waals surface area contributed by atoms with Gasteiger partial charge in [0.1, 0.15) is 0 Å². The van der Waals surface area contributed by atoms with Gasteiger partial charge in [-0.2, -0.15) is 4.39 Å². The van der Waals surface area contributed by atoms with Crippen molar-refractivity contribution in [1.82, 2.24) is 10.3 Å². The van der Waals surface area contributed by atoms with Crippen LogP contribution in [0, 0.1) is 5.95 Å². The molecule has 0 aromatic carbocycles. The molecular weight excluding hydrogens is 231 g/mol. The Morgan fingerprint density at radius 3 is 2.94 bits per heavy atom. The van der Waals surface area contributed by atoms with Crippen molar-refractivity contribution in [1.29, 1.82) is 0 Å². The van der Waals surface area contributed by atoms with E-state index < -0.39 is 5.95 Å². The third-order valence-corrected chi connectivity index (χ3v) is 3.11. The molecule has 3 nitrogen and oxygen atoms in total. The summed E-state index contributed by atoms with van der Waals surface area (Å²) in [4.78, 5) is 15.2. The van der Waals surface area contributed by atoms with Crippen LogP contribution in [0.15, 0.2) is 30.0 Å². The largest absolute Gasteiger partial charge is 0.352 e. The molecule has 1 aromatic rings. The highest BCUT2D eigenvalue weighted by molar-refractivity contribution is 5.93. The van der Waals surface area contributed by atoms with Gasteiger partial charge in [-0.25, -0.2) is 4.98 Å². The van der Waals surface area contributed by atoms with E-state index in [1.807, 2.05) is 0 Å². The number of pyridine rings is 1. The van der Waals surface area contributed by atoms with E-state index in [9.17, 15) is 9.18 Å². The SMILES string of the molecule is O=C(NCCC1=CCCCC1)c1ccc(F)nc1. The monoisotopic (exact) mass is 248 g/mol. The van der Waals surface area contributed by atoms with E-state index in [0.29, 0.717) is 12.1 Å². The fourth-order valence-corrected chi connectivity index (χ4v) is 2.08. The van der Waals surface area contributed by atoms with Crippen molar-refractivity contribution >= 4 is 5.91 Å². The molecule has 0 radical (unpaired) electrons. The topological polar surface area (TPSA) is 42.0 Å². The number of aromatic nitrogens is 1. The fraction of sp³-hybridized carbons (Fsp3) is 0.429. The summed E-state index contributed by atoms with van der Waals surface area (Å²) in [6, 6.07) is 2.64. The number of nitrogens with zero attached hydrogens (tertiary/aromatic N) is 1. The molecule has 4 heteroatoms. The zero-order chi connectivity index (χ0) is 12.8. The first-order valence-corrected chi connectivity index (χ1v) is 6.33. The normalized spacial score (nSPS) is 15.1. The van der Waals surface area contributed by atoms with E-state index in [4.69, 9.17) is 0 Å². The summed E-state index contributed by atoms with van der Waals surface area (Å²) < 4.78 is 12.6. The highest BCUT2D eigenvalue weighted by Gasteiger charge is 2.07. The molecular formula is C14H17FN2O. The summed E-state index contributed by atoms with van der Waals surface area (Å²) in [5, 5.41) is 2.82. The summed E-state index contributed by atoms with van der Waals surface area (Å²) in [5.74, 6) is -0.766. The summed E-state index contributed by atoms with van der Waals surface area (Å²) in [7, 11) is 0. The zero-order valence-corrected chi connectivity index (χ0v) is 10.3. The number of allylic oxidation sites excluding steroid dienone is 1. The van der Waals surface area contributed by atoms with Crippen molar-refractivity contribution in [3.8, 4) is 0 Å². The van der Waals surface area contributed by atoms with Gasteiger partial charge >= 0.3 is 0 Å². The molecule has 0 fully saturated rings. The van der Waals surface area contributed by atoms with Gasteiger partial charge in [-0.15, -0.1) is 0 Å². The summed E-state index contributed by atoms with van der Waals surface area (Å²) in [6.07, 6.45) is 9.26. The van der Waals surface area contributed by atoms with Crippen molar-refractivity contribution in [3.05, 3.63) is 41.5 Å². The van der Waals surface area contributed by atoms with Crippen molar-refractivity contribution < 1.29 is 9.18 Å². The Morgan fingerprint density at radius 1 is 1.39 bits per heavy atom. The highest BCUT2D eigenvalue weighted by Crippen LogP contribution is 2.19. The number of halogens is 1. The molecule has 2 rings (SSSR count). The summed E-state index contributed by atoms with van der Waals surface area (Å²) >= 11 is 0. The van der Waals surface area contributed by atoms with Crippen LogP contribution in [-0.2, 0) is 0 Å². The lowest BCUT2D eigenvalue weighted by Crippen LogP contribution is -2.25. The maximum Gasteiger partial charge on any atom is 0.252 e. The van der Waals surface area contributed by atoms with Gasteiger partial charge < -0.3 is 5.32 Å². The van der Waals surface area contributed by atoms with Gasteiger partial charge in [0.15, 0.2) is 0 Å². The number of carbonyl (C=O) groups is 1. The maximum atomic E-state index is 12.6. The first-order valence-electron chi connectivity index (χ1n) is 6.33. The van der Waals surface area contributed by atoms with E-state index in [-0.39, 0.29) is 5.91 Å². The summed E-state index contributed by atoms with van der Waals surface area (Å²) in [6.45, 7) is 0.627. The fourth-order valence-electron chi connectivity index (χ4n) is 2.08. The molecule has 0 atom stereocenters. The van der Waals surface area contributed by atoms with Gasteiger partial charge in [0.05, 0.1) is 5.56 Å². The average Bonchev–Trinajstić information content (AvgIpc) is 2.40. The first-order chi connectivity index (χ1) is 8.75. The lowest BCUT2D eigenvalue weighted by molar-refractivity contribution is 0.0953. The standard InChI is InChI=1S/C14H17FN2O/c15-13-7-6-12(10-17-13)14(18)16-9-8-11-4-2-1-3-5-11/h4,6-7,10H,1-3,5,8-9H2,(H,16,18). The van der Waals surface area contributed by atoms with Crippen LogP contribution in [0.1, 0.15) is 42.5 Å². The van der Waals surface area contributed by atoms with Crippen molar-refractivity contribution in [2.75, 3.05) is 6.54 Å². The number of amides is 1. The van der Waals surface area contributed by atoms with E-state index in [0.717, 1.165) is 19.3 Å². The molecule has 0 aliphatic heterocycles. The van der Waals surface area contributed by atoms with Gasteiger partial charge in [-0.05, 0) is 44.2 Å². The van der Waals surface area contributed by atoms with Gasteiger partial charge in [-0.1, -0.05) is 11.6 Å². The third-order valence-electron chi connectivity index (χ3n) is 3.11. The van der Waals surface area contributed by atoms with Crippen LogP contribution < -0.4 is 5.32 Å². The molecule has 1 N–H and O–H groups in total. The number of nitrogens with one attached hydrogen (secondary N) is 1. The Balaban J connectivity index is 1.78. The molecule has 0 unspecified atom stereocenters. The van der Waals surface area contributed by atoms with Crippen LogP contribution in [0.2, 0.25) is 0 Å². The third kappa shape index (κ3) is 3.65. The van der Waals surface area contributed by atoms with E-state index in [2.05, 4.69) is 16.4 Å². The van der Waals surface area contributed by atoms with Crippen LogP contribution >= 0.6 is 0 Å². The van der Waals surface area contributed by atoms with Gasteiger partial charge in [0.25, 0.3) is 5.91 Å². The molecule has 1 aromatic heterocycles. The van der Waals surface area contributed by atoms with E-state index in [1.165, 1.54) is 36.7 Å². The van der Waals surface area contributed by atoms with Gasteiger partial charge in [0, 0.05) is 12.7 Å². The molecule has 0 spiro atoms. The molecule has 18 heavy (non-hydrogen) atoms. The summed E-state index contributed by atoms with van der Waals surface area (Å²) in [5.41, 5.74) is 1.83. The molecule has 1 heterocycles. The number of carbonyl (C=O) groups excluding carboxylic acids is 1. The van der Waals surface area contributed by atoms with Crippen LogP contribution in [0.25, 0.3) is 0 Å². The predicted molar refractivity (Wildman–Crippen MR) is 67.7 cm³/mol. The van der Waals surface area contributed by atoms with Crippen LogP contribution in [0.4, 0.5) is 4.39 Å². The number of hydrogen-bond acceptors (Lipinski definition) is 2. The highest BCUT2D eigenvalue weighted by atomic mass is 19.1. The Bertz CT molecular complexity index is 440. The second-order valence-electron chi connectivity index (χ2n) is 4.48. The lowest BCUT2D eigenvalue weighted by atomic mass is 9.97. The lowest BCUT2D eigenvalue weighted by Gasteiger charge is -2.12. The predicted octanol–water partition coefficient (Wildman–Crippen LogP) is 2.84. The Morgan fingerprint density at radius 2 is 2.28 bits per heavy atom. The van der Waals surface area contributed by atoms with Gasteiger partial charge in [0.2, 0.25) is 5.95 Å². The number of rotatable bonds is 4. The zero-order valence-electron chi connectivity index (χ0n) is 10.3. The smallest absolute Gasteiger partial charge is 0.252 e. The quantitative estimate of drug-likeness (QED) is 0.657. The molecule has 96 valence electrons. The second-order valence-corrected chi connectivity index (χ2v) is 4.48. The molecule has 0 bridgehead atoms. The van der Waals surface area contributed by atoms with Crippen molar-refractivity contribution in [3.63, 3.8) is 0 Å². The second kappa shape index (κ2) is 6.28. The molecule has 1 aliphatic rings. The maximum absolute atomic E-state index is 12.6.